The minimum atomic E-state index is -0.921. The van der Waals surface area contributed by atoms with Crippen LogP contribution in [0.5, 0.6) is 11.5 Å². The summed E-state index contributed by atoms with van der Waals surface area (Å²) in [6.45, 7) is 7.62. The molecule has 10 heteroatoms. The van der Waals surface area contributed by atoms with Gasteiger partial charge in [0.05, 0.1) is 28.8 Å². The fraction of sp³-hybridized carbons (Fsp3) is 0.346. The zero-order chi connectivity index (χ0) is 26.6. The number of aliphatic hydroxyl groups is 1. The fourth-order valence-electron chi connectivity index (χ4n) is 4.21. The lowest BCUT2D eigenvalue weighted by Crippen LogP contribution is -2.38. The number of amides is 1. The van der Waals surface area contributed by atoms with Gasteiger partial charge < -0.3 is 24.4 Å². The van der Waals surface area contributed by atoms with E-state index in [2.05, 4.69) is 4.90 Å². The number of methoxy groups -OCH3 is 1. The first-order valence-corrected chi connectivity index (χ1v) is 12.2. The molecule has 1 saturated heterocycles. The summed E-state index contributed by atoms with van der Waals surface area (Å²) < 4.78 is 10.4. The Hall–Kier alpha value is -3.07. The van der Waals surface area contributed by atoms with Gasteiger partial charge in [0.2, 0.25) is 0 Å². The standard InChI is InChI=1S/C26H28Cl2N2O6/c1-5-29(6-2)10-11-30-22(16-8-7-9-18(12-16)36-15(3)31)21(24(33)26(30)34)23(32)17-13-19(27)25(35-4)20(28)14-17/h7-9,12-14,22,32H,5-6,10-11H2,1-4H3/b23-21+. The number of nitrogens with zero attached hydrogens (tertiary/aromatic N) is 2. The van der Waals surface area contributed by atoms with Crippen LogP contribution < -0.4 is 9.47 Å². The molecule has 1 heterocycles. The number of Topliss-reactive ketones (excluding diaryl/α,β-unsaturated/α-hetero) is 1. The predicted octanol–water partition coefficient (Wildman–Crippen LogP) is 4.69. The van der Waals surface area contributed by atoms with Gasteiger partial charge >= 0.3 is 5.97 Å². The lowest BCUT2D eigenvalue weighted by molar-refractivity contribution is -0.140. The normalized spacial score (nSPS) is 17.1. The van der Waals surface area contributed by atoms with Gasteiger partial charge in [0.1, 0.15) is 11.5 Å². The fourth-order valence-corrected chi connectivity index (χ4v) is 4.85. The molecule has 3 rings (SSSR count). The number of likely N-dealkylation sites (tertiary alicyclic amines) is 1. The molecule has 0 spiro atoms. The first-order chi connectivity index (χ1) is 17.1. The molecule has 1 unspecified atom stereocenters. The Morgan fingerprint density at radius 1 is 1.11 bits per heavy atom. The first kappa shape index (κ1) is 27.5. The number of esters is 1. The van der Waals surface area contributed by atoms with Gasteiger partial charge in [0.15, 0.2) is 5.75 Å². The van der Waals surface area contributed by atoms with Gasteiger partial charge in [-0.05, 0) is 42.9 Å². The number of carbonyl (C=O) groups excluding carboxylic acids is 3. The van der Waals surface area contributed by atoms with Gasteiger partial charge in [-0.3, -0.25) is 14.4 Å². The molecule has 36 heavy (non-hydrogen) atoms. The molecule has 0 aromatic heterocycles. The number of likely N-dealkylation sites (N-methyl/N-ethyl adjacent to an activating group) is 1. The van der Waals surface area contributed by atoms with Gasteiger partial charge in [0, 0.05) is 25.6 Å². The van der Waals surface area contributed by atoms with Crippen molar-refractivity contribution in [3.63, 3.8) is 0 Å². The summed E-state index contributed by atoms with van der Waals surface area (Å²) in [6, 6.07) is 8.43. The molecule has 2 aromatic carbocycles. The monoisotopic (exact) mass is 534 g/mol. The molecule has 0 saturated carbocycles. The van der Waals surface area contributed by atoms with E-state index in [9.17, 15) is 19.5 Å². The highest BCUT2D eigenvalue weighted by Crippen LogP contribution is 2.42. The van der Waals surface area contributed by atoms with Gasteiger partial charge in [-0.2, -0.15) is 0 Å². The highest BCUT2D eigenvalue weighted by atomic mass is 35.5. The minimum absolute atomic E-state index is 0.114. The van der Waals surface area contributed by atoms with Gasteiger partial charge in [0.25, 0.3) is 11.7 Å². The molecule has 1 N–H and O–H groups in total. The Bertz CT molecular complexity index is 1190. The van der Waals surface area contributed by atoms with Crippen LogP contribution in [-0.4, -0.2) is 65.9 Å². The Labute approximate surface area is 220 Å². The zero-order valence-electron chi connectivity index (χ0n) is 20.5. The van der Waals surface area contributed by atoms with E-state index in [0.29, 0.717) is 12.1 Å². The minimum Gasteiger partial charge on any atom is -0.507 e. The van der Waals surface area contributed by atoms with E-state index in [1.165, 1.54) is 31.1 Å². The van der Waals surface area contributed by atoms with Crippen molar-refractivity contribution in [1.82, 2.24) is 9.80 Å². The maximum atomic E-state index is 13.3. The van der Waals surface area contributed by atoms with Crippen molar-refractivity contribution in [3.05, 3.63) is 63.1 Å². The molecule has 0 radical (unpaired) electrons. The largest absolute Gasteiger partial charge is 0.507 e. The summed E-state index contributed by atoms with van der Waals surface area (Å²) in [5.74, 6) is -2.03. The number of benzene rings is 2. The molecule has 192 valence electrons. The number of hydrogen-bond acceptors (Lipinski definition) is 7. The van der Waals surface area contributed by atoms with Crippen molar-refractivity contribution in [1.29, 1.82) is 0 Å². The molecular weight excluding hydrogens is 507 g/mol. The summed E-state index contributed by atoms with van der Waals surface area (Å²) in [7, 11) is 1.41. The molecule has 0 bridgehead atoms. The predicted molar refractivity (Wildman–Crippen MR) is 138 cm³/mol. The van der Waals surface area contributed by atoms with E-state index in [1.807, 2.05) is 13.8 Å². The first-order valence-electron chi connectivity index (χ1n) is 11.4. The van der Waals surface area contributed by atoms with Crippen molar-refractivity contribution in [2.45, 2.75) is 26.8 Å². The number of rotatable bonds is 9. The third-order valence-corrected chi connectivity index (χ3v) is 6.56. The maximum absolute atomic E-state index is 13.3. The van der Waals surface area contributed by atoms with E-state index >= 15 is 0 Å². The lowest BCUT2D eigenvalue weighted by atomic mass is 9.95. The summed E-state index contributed by atoms with van der Waals surface area (Å²) in [4.78, 5) is 41.5. The molecule has 1 atom stereocenters. The van der Waals surface area contributed by atoms with Crippen LogP contribution >= 0.6 is 23.2 Å². The van der Waals surface area contributed by atoms with Gasteiger partial charge in [-0.25, -0.2) is 0 Å². The van der Waals surface area contributed by atoms with Crippen molar-refractivity contribution in [2.75, 3.05) is 33.3 Å². The second-order valence-electron chi connectivity index (χ2n) is 8.16. The summed E-state index contributed by atoms with van der Waals surface area (Å²) in [6.07, 6.45) is 0. The Balaban J connectivity index is 2.17. The number of ketones is 1. The Kier molecular flexibility index (Phi) is 9.00. The van der Waals surface area contributed by atoms with E-state index in [0.717, 1.165) is 13.1 Å². The number of halogens is 2. The van der Waals surface area contributed by atoms with Crippen LogP contribution in [0.3, 0.4) is 0 Å². The number of carbonyl (C=O) groups is 3. The van der Waals surface area contributed by atoms with Gasteiger partial charge in [-0.1, -0.05) is 49.2 Å². The summed E-state index contributed by atoms with van der Waals surface area (Å²) in [5, 5.41) is 11.6. The smallest absolute Gasteiger partial charge is 0.308 e. The highest BCUT2D eigenvalue weighted by molar-refractivity contribution is 6.46. The lowest BCUT2D eigenvalue weighted by Gasteiger charge is -2.28. The van der Waals surface area contributed by atoms with Crippen LogP contribution in [0.15, 0.2) is 42.0 Å². The Morgan fingerprint density at radius 2 is 1.75 bits per heavy atom. The van der Waals surface area contributed by atoms with Crippen LogP contribution in [0.4, 0.5) is 0 Å². The third kappa shape index (κ3) is 5.67. The summed E-state index contributed by atoms with van der Waals surface area (Å²) >= 11 is 12.5. The molecule has 1 aliphatic rings. The van der Waals surface area contributed by atoms with Crippen LogP contribution in [0.2, 0.25) is 10.0 Å². The number of hydrogen-bond donors (Lipinski definition) is 1. The van der Waals surface area contributed by atoms with Crippen LogP contribution in [0.1, 0.15) is 37.9 Å². The topological polar surface area (TPSA) is 96.4 Å². The third-order valence-electron chi connectivity index (χ3n) is 6.00. The molecule has 1 fully saturated rings. The highest BCUT2D eigenvalue weighted by Gasteiger charge is 2.46. The molecule has 0 aliphatic carbocycles. The van der Waals surface area contributed by atoms with E-state index in [-0.39, 0.29) is 39.2 Å². The second kappa shape index (κ2) is 11.8. The maximum Gasteiger partial charge on any atom is 0.308 e. The average molecular weight is 535 g/mol. The van der Waals surface area contributed by atoms with Crippen LogP contribution in [0, 0.1) is 0 Å². The van der Waals surface area contributed by atoms with Gasteiger partial charge in [-0.15, -0.1) is 0 Å². The van der Waals surface area contributed by atoms with E-state index in [1.54, 1.807) is 24.3 Å². The average Bonchev–Trinajstić information content (AvgIpc) is 3.08. The zero-order valence-corrected chi connectivity index (χ0v) is 22.0. The molecule has 8 nitrogen and oxygen atoms in total. The van der Waals surface area contributed by atoms with Crippen molar-refractivity contribution >= 4 is 46.6 Å². The van der Waals surface area contributed by atoms with Crippen LogP contribution in [-0.2, 0) is 14.4 Å². The molecule has 2 aromatic rings. The van der Waals surface area contributed by atoms with Crippen molar-refractivity contribution in [3.8, 4) is 11.5 Å². The van der Waals surface area contributed by atoms with Crippen LogP contribution in [0.25, 0.3) is 5.76 Å². The Morgan fingerprint density at radius 3 is 2.31 bits per heavy atom. The number of aliphatic hydroxyl groups excluding tert-OH is 1. The molecule has 1 aliphatic heterocycles. The quantitative estimate of drug-likeness (QED) is 0.164. The SMILES string of the molecule is CCN(CC)CCN1C(=O)C(=O)/C(=C(/O)c2cc(Cl)c(OC)c(Cl)c2)C1c1cccc(OC(C)=O)c1. The second-order valence-corrected chi connectivity index (χ2v) is 8.97. The van der Waals surface area contributed by atoms with Crippen molar-refractivity contribution < 1.29 is 29.0 Å². The van der Waals surface area contributed by atoms with E-state index < -0.39 is 29.5 Å². The molecule has 1 amide bonds. The van der Waals surface area contributed by atoms with Crippen molar-refractivity contribution in [2.24, 2.45) is 0 Å². The van der Waals surface area contributed by atoms with E-state index in [4.69, 9.17) is 32.7 Å². The molecular formula is C26H28Cl2N2O6. The summed E-state index contributed by atoms with van der Waals surface area (Å²) in [5.41, 5.74) is 0.547. The number of ether oxygens (including phenoxy) is 2.